The molecule has 1 aromatic rings. The lowest BCUT2D eigenvalue weighted by atomic mass is 9.96. The first-order chi connectivity index (χ1) is 13.5. The summed E-state index contributed by atoms with van der Waals surface area (Å²) >= 11 is 0. The highest BCUT2D eigenvalue weighted by atomic mass is 16.5. The van der Waals surface area contributed by atoms with Crippen molar-refractivity contribution in [3.05, 3.63) is 23.3 Å². The van der Waals surface area contributed by atoms with Gasteiger partial charge in [0.05, 0.1) is 20.1 Å². The topological polar surface area (TPSA) is 61.8 Å². The van der Waals surface area contributed by atoms with Gasteiger partial charge in [-0.05, 0) is 49.7 Å². The lowest BCUT2D eigenvalue weighted by Gasteiger charge is -2.22. The Labute approximate surface area is 168 Å². The molecule has 28 heavy (non-hydrogen) atoms. The van der Waals surface area contributed by atoms with E-state index in [1.807, 2.05) is 12.1 Å². The predicted molar refractivity (Wildman–Crippen MR) is 109 cm³/mol. The molecule has 0 saturated heterocycles. The van der Waals surface area contributed by atoms with Crippen molar-refractivity contribution in [3.63, 3.8) is 0 Å². The van der Waals surface area contributed by atoms with Crippen LogP contribution in [0.1, 0.15) is 76.3 Å². The Kier molecular flexibility index (Phi) is 9.32. The zero-order chi connectivity index (χ0) is 20.4. The molecule has 2 rings (SSSR count). The number of hydrogen-bond donors (Lipinski definition) is 0. The molecule has 1 aliphatic rings. The Hall–Kier alpha value is -2.04. The molecule has 0 N–H and O–H groups in total. The van der Waals surface area contributed by atoms with Crippen LogP contribution in [0.2, 0.25) is 0 Å². The molecule has 0 saturated carbocycles. The summed E-state index contributed by atoms with van der Waals surface area (Å²) < 4.78 is 16.3. The van der Waals surface area contributed by atoms with Crippen LogP contribution >= 0.6 is 0 Å². The van der Waals surface area contributed by atoms with E-state index in [1.165, 1.54) is 7.11 Å². The summed E-state index contributed by atoms with van der Waals surface area (Å²) in [4.78, 5) is 22.9. The summed E-state index contributed by atoms with van der Waals surface area (Å²) in [5.74, 6) is 1.87. The normalized spacial score (nSPS) is 13.2. The minimum Gasteiger partial charge on any atom is -0.493 e. The van der Waals surface area contributed by atoms with Crippen molar-refractivity contribution < 1.29 is 23.8 Å². The Balaban J connectivity index is 1.84. The van der Waals surface area contributed by atoms with Crippen LogP contribution in [0.3, 0.4) is 0 Å². The Morgan fingerprint density at radius 3 is 2.61 bits per heavy atom. The second-order valence-electron chi connectivity index (χ2n) is 7.88. The van der Waals surface area contributed by atoms with Gasteiger partial charge in [0, 0.05) is 12.0 Å². The van der Waals surface area contributed by atoms with E-state index in [2.05, 4.69) is 18.6 Å². The average Bonchev–Trinajstić information content (AvgIpc) is 2.68. The van der Waals surface area contributed by atoms with Crippen LogP contribution in [-0.2, 0) is 27.2 Å². The number of aryl methyl sites for hydroxylation is 1. The fourth-order valence-corrected chi connectivity index (χ4v) is 3.37. The number of benzene rings is 1. The number of unbranched alkanes of at least 4 members (excludes halogenated alkanes) is 4. The molecule has 0 radical (unpaired) electrons. The molecule has 0 spiro atoms. The minimum absolute atomic E-state index is 0.134. The Bertz CT molecular complexity index is 651. The van der Waals surface area contributed by atoms with Gasteiger partial charge >= 0.3 is 11.9 Å². The standard InChI is InChI=1S/C23H34O5/c1-17(2)10-13-19-20(14-11-18-12-15-22(25)28-23(18)19)27-16-8-6-4-5-7-9-21(24)26-3/h11,14,17H,4-10,12-13,15-16H2,1-3H3. The van der Waals surface area contributed by atoms with Crippen LogP contribution < -0.4 is 9.47 Å². The van der Waals surface area contributed by atoms with Crippen molar-refractivity contribution in [2.24, 2.45) is 5.92 Å². The number of fused-ring (bicyclic) bond motifs is 1. The third-order valence-corrected chi connectivity index (χ3v) is 5.10. The lowest BCUT2D eigenvalue weighted by Crippen LogP contribution is -2.18. The highest BCUT2D eigenvalue weighted by Crippen LogP contribution is 2.37. The molecule has 1 aliphatic heterocycles. The summed E-state index contributed by atoms with van der Waals surface area (Å²) in [6.07, 6.45) is 8.62. The van der Waals surface area contributed by atoms with Gasteiger partial charge < -0.3 is 14.2 Å². The van der Waals surface area contributed by atoms with Crippen molar-refractivity contribution in [2.75, 3.05) is 13.7 Å². The van der Waals surface area contributed by atoms with Crippen LogP contribution in [-0.4, -0.2) is 25.7 Å². The molecule has 0 fully saturated rings. The maximum Gasteiger partial charge on any atom is 0.311 e. The second-order valence-corrected chi connectivity index (χ2v) is 7.88. The first kappa shape index (κ1) is 22.3. The summed E-state index contributed by atoms with van der Waals surface area (Å²) in [6, 6.07) is 4.06. The molecule has 156 valence electrons. The van der Waals surface area contributed by atoms with E-state index in [0.29, 0.717) is 25.4 Å². The minimum atomic E-state index is -0.151. The van der Waals surface area contributed by atoms with Gasteiger partial charge in [-0.3, -0.25) is 9.59 Å². The van der Waals surface area contributed by atoms with Gasteiger partial charge in [-0.15, -0.1) is 0 Å². The number of carbonyl (C=O) groups excluding carboxylic acids is 2. The van der Waals surface area contributed by atoms with Crippen LogP contribution in [0.4, 0.5) is 0 Å². The molecular weight excluding hydrogens is 356 g/mol. The molecule has 5 heteroatoms. The zero-order valence-corrected chi connectivity index (χ0v) is 17.6. The fourth-order valence-electron chi connectivity index (χ4n) is 3.37. The van der Waals surface area contributed by atoms with Crippen LogP contribution in [0.25, 0.3) is 0 Å². The molecule has 1 aromatic carbocycles. The number of carbonyl (C=O) groups is 2. The Morgan fingerprint density at radius 1 is 1.11 bits per heavy atom. The van der Waals surface area contributed by atoms with E-state index in [4.69, 9.17) is 9.47 Å². The third kappa shape index (κ3) is 7.17. The molecule has 5 nitrogen and oxygen atoms in total. The zero-order valence-electron chi connectivity index (χ0n) is 17.6. The van der Waals surface area contributed by atoms with E-state index < -0.39 is 0 Å². The molecule has 0 amide bonds. The number of rotatable bonds is 12. The molecule has 0 atom stereocenters. The van der Waals surface area contributed by atoms with Crippen molar-refractivity contribution in [1.29, 1.82) is 0 Å². The largest absolute Gasteiger partial charge is 0.493 e. The van der Waals surface area contributed by atoms with E-state index >= 15 is 0 Å². The van der Waals surface area contributed by atoms with Crippen molar-refractivity contribution in [3.8, 4) is 11.5 Å². The van der Waals surface area contributed by atoms with Gasteiger partial charge in [-0.2, -0.15) is 0 Å². The monoisotopic (exact) mass is 390 g/mol. The summed E-state index contributed by atoms with van der Waals surface area (Å²) in [6.45, 7) is 5.04. The first-order valence-corrected chi connectivity index (χ1v) is 10.6. The van der Waals surface area contributed by atoms with E-state index in [0.717, 1.165) is 74.0 Å². The molecule has 1 heterocycles. The smallest absolute Gasteiger partial charge is 0.311 e. The number of esters is 2. The molecule has 0 bridgehead atoms. The highest BCUT2D eigenvalue weighted by molar-refractivity contribution is 5.76. The summed E-state index contributed by atoms with van der Waals surface area (Å²) in [5, 5.41) is 0. The maximum atomic E-state index is 11.8. The third-order valence-electron chi connectivity index (χ3n) is 5.10. The van der Waals surface area contributed by atoms with Gasteiger partial charge in [0.2, 0.25) is 0 Å². The fraction of sp³-hybridized carbons (Fsp3) is 0.652. The summed E-state index contributed by atoms with van der Waals surface area (Å²) in [5.41, 5.74) is 2.15. The van der Waals surface area contributed by atoms with E-state index in [1.54, 1.807) is 0 Å². The molecule has 0 aromatic heterocycles. The number of ether oxygens (including phenoxy) is 3. The highest BCUT2D eigenvalue weighted by Gasteiger charge is 2.23. The predicted octanol–water partition coefficient (Wildman–Crippen LogP) is 5.02. The van der Waals surface area contributed by atoms with Gasteiger partial charge in [-0.25, -0.2) is 0 Å². The van der Waals surface area contributed by atoms with Crippen LogP contribution in [0.5, 0.6) is 11.5 Å². The first-order valence-electron chi connectivity index (χ1n) is 10.6. The van der Waals surface area contributed by atoms with Gasteiger partial charge in [0.25, 0.3) is 0 Å². The maximum absolute atomic E-state index is 11.8. The van der Waals surface area contributed by atoms with Gasteiger partial charge in [0.1, 0.15) is 11.5 Å². The summed E-state index contributed by atoms with van der Waals surface area (Å²) in [7, 11) is 1.43. The Morgan fingerprint density at radius 2 is 1.86 bits per heavy atom. The quantitative estimate of drug-likeness (QED) is 0.285. The second kappa shape index (κ2) is 11.7. The van der Waals surface area contributed by atoms with Crippen molar-refractivity contribution in [1.82, 2.24) is 0 Å². The van der Waals surface area contributed by atoms with E-state index in [9.17, 15) is 9.59 Å². The molecular formula is C23H34O5. The van der Waals surface area contributed by atoms with Crippen LogP contribution in [0, 0.1) is 5.92 Å². The van der Waals surface area contributed by atoms with Crippen molar-refractivity contribution in [2.45, 2.75) is 78.1 Å². The lowest BCUT2D eigenvalue weighted by molar-refractivity contribution is -0.140. The van der Waals surface area contributed by atoms with Gasteiger partial charge in [0.15, 0.2) is 0 Å². The van der Waals surface area contributed by atoms with E-state index in [-0.39, 0.29) is 11.9 Å². The van der Waals surface area contributed by atoms with Crippen LogP contribution in [0.15, 0.2) is 12.1 Å². The molecule has 0 unspecified atom stereocenters. The molecule has 0 aliphatic carbocycles. The number of hydrogen-bond acceptors (Lipinski definition) is 5. The van der Waals surface area contributed by atoms with Crippen molar-refractivity contribution >= 4 is 11.9 Å². The van der Waals surface area contributed by atoms with Gasteiger partial charge in [-0.1, -0.05) is 39.2 Å². The average molecular weight is 391 g/mol. The number of methoxy groups -OCH3 is 1. The SMILES string of the molecule is COC(=O)CCCCCCCOc1ccc2c(c1CCC(C)C)OC(=O)CC2.